The minimum Gasteiger partial charge on any atom is -0.335 e. The van der Waals surface area contributed by atoms with Crippen molar-refractivity contribution in [3.8, 4) is 0 Å². The monoisotopic (exact) mass is 323 g/mol. The van der Waals surface area contributed by atoms with Gasteiger partial charge in [-0.1, -0.05) is 37.5 Å². The summed E-state index contributed by atoms with van der Waals surface area (Å²) < 4.78 is 0. The lowest BCUT2D eigenvalue weighted by Gasteiger charge is -2.23. The molecule has 1 atom stereocenters. The van der Waals surface area contributed by atoms with Crippen LogP contribution in [0, 0.1) is 0 Å². The maximum atomic E-state index is 12.2. The molecule has 122 valence electrons. The minimum atomic E-state index is -0.0553. The van der Waals surface area contributed by atoms with Gasteiger partial charge >= 0.3 is 6.03 Å². The molecule has 0 aromatic heterocycles. The van der Waals surface area contributed by atoms with E-state index in [1.54, 1.807) is 0 Å². The third-order valence-electron chi connectivity index (χ3n) is 4.65. The Morgan fingerprint density at radius 1 is 1.09 bits per heavy atom. The average Bonchev–Trinajstić information content (AvgIpc) is 3.03. The molecule has 2 amide bonds. The van der Waals surface area contributed by atoms with Gasteiger partial charge in [-0.25, -0.2) is 4.79 Å². The highest BCUT2D eigenvalue weighted by atomic mass is 35.5. The number of rotatable bonds is 3. The van der Waals surface area contributed by atoms with Crippen molar-refractivity contribution in [3.05, 3.63) is 29.8 Å². The minimum absolute atomic E-state index is 0. The molecule has 1 aromatic rings. The smallest absolute Gasteiger partial charge is 0.319 e. The average molecular weight is 324 g/mol. The van der Waals surface area contributed by atoms with E-state index < -0.39 is 0 Å². The van der Waals surface area contributed by atoms with Gasteiger partial charge in [0.25, 0.3) is 0 Å². The summed E-state index contributed by atoms with van der Waals surface area (Å²) in [5.41, 5.74) is 2.21. The Bertz CT molecular complexity index is 483. The lowest BCUT2D eigenvalue weighted by Crippen LogP contribution is -2.39. The van der Waals surface area contributed by atoms with Gasteiger partial charge in [0.1, 0.15) is 0 Å². The summed E-state index contributed by atoms with van der Waals surface area (Å²) in [6, 6.07) is 8.47. The maximum absolute atomic E-state index is 12.2. The number of benzene rings is 1. The van der Waals surface area contributed by atoms with Crippen molar-refractivity contribution in [2.24, 2.45) is 0 Å². The molecule has 1 heterocycles. The molecule has 3 N–H and O–H groups in total. The maximum Gasteiger partial charge on any atom is 0.319 e. The Morgan fingerprint density at radius 3 is 2.59 bits per heavy atom. The van der Waals surface area contributed by atoms with Gasteiger partial charge in [-0.05, 0) is 43.4 Å². The quantitative estimate of drug-likeness (QED) is 0.795. The summed E-state index contributed by atoms with van der Waals surface area (Å²) in [7, 11) is 0. The molecule has 1 aromatic carbocycles. The molecule has 0 spiro atoms. The number of halogens is 1. The molecule has 5 heteroatoms. The number of amides is 2. The first-order chi connectivity index (χ1) is 10.3. The van der Waals surface area contributed by atoms with Crippen LogP contribution in [0.3, 0.4) is 0 Å². The molecule has 1 aliphatic heterocycles. The van der Waals surface area contributed by atoms with Gasteiger partial charge < -0.3 is 16.0 Å². The van der Waals surface area contributed by atoms with Crippen LogP contribution in [0.2, 0.25) is 0 Å². The van der Waals surface area contributed by atoms with E-state index in [0.29, 0.717) is 12.0 Å². The van der Waals surface area contributed by atoms with Crippen molar-refractivity contribution in [1.82, 2.24) is 10.6 Å². The first kappa shape index (κ1) is 17.1. The summed E-state index contributed by atoms with van der Waals surface area (Å²) >= 11 is 0. The van der Waals surface area contributed by atoms with Crippen LogP contribution in [0.5, 0.6) is 0 Å². The van der Waals surface area contributed by atoms with E-state index in [4.69, 9.17) is 0 Å². The molecule has 1 saturated carbocycles. The van der Waals surface area contributed by atoms with Gasteiger partial charge in [-0.2, -0.15) is 0 Å². The zero-order chi connectivity index (χ0) is 14.5. The third-order valence-corrected chi connectivity index (χ3v) is 4.65. The van der Waals surface area contributed by atoms with E-state index in [0.717, 1.165) is 38.0 Å². The van der Waals surface area contributed by atoms with Crippen molar-refractivity contribution in [3.63, 3.8) is 0 Å². The molecule has 2 fully saturated rings. The van der Waals surface area contributed by atoms with E-state index in [-0.39, 0.29) is 18.4 Å². The first-order valence-electron chi connectivity index (χ1n) is 8.20. The van der Waals surface area contributed by atoms with Crippen LogP contribution in [0.25, 0.3) is 0 Å². The van der Waals surface area contributed by atoms with Crippen LogP contribution in [-0.2, 0) is 0 Å². The number of para-hydroxylation sites is 1. The van der Waals surface area contributed by atoms with Crippen molar-refractivity contribution in [2.75, 3.05) is 18.4 Å². The van der Waals surface area contributed by atoms with Gasteiger partial charge in [-0.15, -0.1) is 12.4 Å². The second-order valence-electron chi connectivity index (χ2n) is 6.21. The molecule has 0 radical (unpaired) electrons. The highest BCUT2D eigenvalue weighted by Crippen LogP contribution is 2.29. The standard InChI is InChI=1S/C17H25N3O.ClH/c21-17(19-14-6-2-1-3-7-14)20-16-9-5-4-8-15(16)13-10-11-18-12-13;/h4-5,8-9,13-14,18H,1-3,6-7,10-12H2,(H2,19,20,21);1H. The molecule has 1 aliphatic carbocycles. The van der Waals surface area contributed by atoms with Crippen molar-refractivity contribution < 1.29 is 4.79 Å². The fourth-order valence-electron chi connectivity index (χ4n) is 3.48. The summed E-state index contributed by atoms with van der Waals surface area (Å²) in [6.45, 7) is 2.07. The number of hydrogen-bond acceptors (Lipinski definition) is 2. The molecule has 3 rings (SSSR count). The van der Waals surface area contributed by atoms with Crippen LogP contribution < -0.4 is 16.0 Å². The normalized spacial score (nSPS) is 21.9. The first-order valence-corrected chi connectivity index (χ1v) is 8.20. The molecule has 4 nitrogen and oxygen atoms in total. The molecule has 1 saturated heterocycles. The molecular weight excluding hydrogens is 298 g/mol. The molecule has 2 aliphatic rings. The van der Waals surface area contributed by atoms with Crippen LogP contribution in [0.15, 0.2) is 24.3 Å². The Kier molecular flexibility index (Phi) is 6.52. The van der Waals surface area contributed by atoms with Crippen LogP contribution in [0.4, 0.5) is 10.5 Å². The van der Waals surface area contributed by atoms with Gasteiger partial charge in [-0.3, -0.25) is 0 Å². The van der Waals surface area contributed by atoms with E-state index >= 15 is 0 Å². The van der Waals surface area contributed by atoms with Crippen LogP contribution in [0.1, 0.15) is 50.0 Å². The number of urea groups is 1. The Morgan fingerprint density at radius 2 is 1.86 bits per heavy atom. The number of carbonyl (C=O) groups excluding carboxylic acids is 1. The van der Waals surface area contributed by atoms with Crippen molar-refractivity contribution >= 4 is 24.1 Å². The Hall–Kier alpha value is -1.26. The van der Waals surface area contributed by atoms with E-state index in [2.05, 4.69) is 28.1 Å². The van der Waals surface area contributed by atoms with Crippen LogP contribution >= 0.6 is 12.4 Å². The summed E-state index contributed by atoms with van der Waals surface area (Å²) in [6.07, 6.45) is 7.13. The number of carbonyl (C=O) groups is 1. The molecular formula is C17H26ClN3O. The van der Waals surface area contributed by atoms with Crippen molar-refractivity contribution in [2.45, 2.75) is 50.5 Å². The molecule has 22 heavy (non-hydrogen) atoms. The predicted molar refractivity (Wildman–Crippen MR) is 92.9 cm³/mol. The zero-order valence-electron chi connectivity index (χ0n) is 12.9. The predicted octanol–water partition coefficient (Wildman–Crippen LogP) is 3.64. The topological polar surface area (TPSA) is 53.2 Å². The number of anilines is 1. The fraction of sp³-hybridized carbons (Fsp3) is 0.588. The summed E-state index contributed by atoms with van der Waals surface area (Å²) in [4.78, 5) is 12.2. The van der Waals surface area contributed by atoms with E-state index in [1.165, 1.54) is 24.8 Å². The number of nitrogens with one attached hydrogen (secondary N) is 3. The largest absolute Gasteiger partial charge is 0.335 e. The van der Waals surface area contributed by atoms with Gasteiger partial charge in [0.15, 0.2) is 0 Å². The van der Waals surface area contributed by atoms with E-state index in [1.807, 2.05) is 12.1 Å². The Labute approximate surface area is 138 Å². The summed E-state index contributed by atoms with van der Waals surface area (Å²) in [5.74, 6) is 0.510. The lowest BCUT2D eigenvalue weighted by molar-refractivity contribution is 0.244. The second kappa shape index (κ2) is 8.39. The molecule has 0 bridgehead atoms. The second-order valence-corrected chi connectivity index (χ2v) is 6.21. The number of hydrogen-bond donors (Lipinski definition) is 3. The van der Waals surface area contributed by atoms with Gasteiger partial charge in [0.2, 0.25) is 0 Å². The van der Waals surface area contributed by atoms with Gasteiger partial charge in [0, 0.05) is 18.3 Å². The molecule has 1 unspecified atom stereocenters. The summed E-state index contributed by atoms with van der Waals surface area (Å²) in [5, 5.41) is 9.57. The van der Waals surface area contributed by atoms with Crippen LogP contribution in [-0.4, -0.2) is 25.2 Å². The van der Waals surface area contributed by atoms with E-state index in [9.17, 15) is 4.79 Å². The Balaban J connectivity index is 0.00000176. The van der Waals surface area contributed by atoms with Crippen molar-refractivity contribution in [1.29, 1.82) is 0 Å². The highest BCUT2D eigenvalue weighted by molar-refractivity contribution is 5.90. The highest BCUT2D eigenvalue weighted by Gasteiger charge is 2.21. The lowest BCUT2D eigenvalue weighted by atomic mass is 9.95. The SMILES string of the molecule is Cl.O=C(Nc1ccccc1C1CCNC1)NC1CCCCC1. The fourth-order valence-corrected chi connectivity index (χ4v) is 3.48. The van der Waals surface area contributed by atoms with Gasteiger partial charge in [0.05, 0.1) is 0 Å². The zero-order valence-corrected chi connectivity index (χ0v) is 13.8. The third kappa shape index (κ3) is 4.37.